The maximum atomic E-state index is 14.0. The zero-order valence-corrected chi connectivity index (χ0v) is 19.7. The molecule has 2 saturated heterocycles. The summed E-state index contributed by atoms with van der Waals surface area (Å²) >= 11 is 0. The Balaban J connectivity index is 1.54. The van der Waals surface area contributed by atoms with Crippen LogP contribution in [0.4, 0.5) is 0 Å². The molecule has 5 aliphatic rings. The van der Waals surface area contributed by atoms with E-state index in [0.717, 1.165) is 5.57 Å². The number of esters is 1. The molecule has 3 heterocycles. The second kappa shape index (κ2) is 7.11. The number of Topliss-reactive ketones (excluding diaryl/α,β-unsaturated/α-hetero) is 1. The van der Waals surface area contributed by atoms with Crippen molar-refractivity contribution in [3.63, 3.8) is 0 Å². The van der Waals surface area contributed by atoms with Crippen LogP contribution in [0.25, 0.3) is 0 Å². The number of hydrogen-bond donors (Lipinski definition) is 2. The summed E-state index contributed by atoms with van der Waals surface area (Å²) in [5.41, 5.74) is -1.62. The SMILES string of the molecule is CC1=CC(=O)OC1CC[C@@]1(C)O[C@@]2(C[C@@H](C)CO2)[C@@]2(O)[C@H](C)[C@@H]3[C@H](C(=O)[C@H]21)[C@@H](C)C[C@@H]3O. The largest absolute Gasteiger partial charge is 0.455 e. The minimum absolute atomic E-state index is 0.0159. The summed E-state index contributed by atoms with van der Waals surface area (Å²) < 4.78 is 18.3. The number of hydrogen-bond acceptors (Lipinski definition) is 7. The molecule has 11 atom stereocenters. The highest BCUT2D eigenvalue weighted by Gasteiger charge is 2.79. The van der Waals surface area contributed by atoms with Crippen molar-refractivity contribution in [2.45, 2.75) is 89.5 Å². The molecular formula is C25H36O7. The zero-order valence-electron chi connectivity index (χ0n) is 19.7. The number of rotatable bonds is 3. The molecule has 7 heteroatoms. The van der Waals surface area contributed by atoms with Crippen LogP contribution in [0.3, 0.4) is 0 Å². The van der Waals surface area contributed by atoms with Gasteiger partial charge >= 0.3 is 5.97 Å². The lowest BCUT2D eigenvalue weighted by molar-refractivity contribution is -0.298. The van der Waals surface area contributed by atoms with Crippen molar-refractivity contribution in [3.8, 4) is 0 Å². The second-order valence-corrected chi connectivity index (χ2v) is 11.5. The van der Waals surface area contributed by atoms with Gasteiger partial charge in [0.15, 0.2) is 5.79 Å². The first-order valence-electron chi connectivity index (χ1n) is 12.1. The Kier molecular flexibility index (Phi) is 5.00. The van der Waals surface area contributed by atoms with Gasteiger partial charge in [-0.2, -0.15) is 0 Å². The predicted octanol–water partition coefficient (Wildman–Crippen LogP) is 2.38. The zero-order chi connectivity index (χ0) is 23.2. The van der Waals surface area contributed by atoms with Gasteiger partial charge < -0.3 is 24.4 Å². The van der Waals surface area contributed by atoms with Crippen molar-refractivity contribution in [1.29, 1.82) is 0 Å². The molecule has 178 valence electrons. The molecule has 7 nitrogen and oxygen atoms in total. The van der Waals surface area contributed by atoms with Crippen LogP contribution < -0.4 is 0 Å². The van der Waals surface area contributed by atoms with Gasteiger partial charge in [0, 0.05) is 24.3 Å². The summed E-state index contributed by atoms with van der Waals surface area (Å²) in [4.78, 5) is 25.7. The number of ether oxygens (including phenoxy) is 3. The number of cyclic esters (lactones) is 1. The summed E-state index contributed by atoms with van der Waals surface area (Å²) in [7, 11) is 0. The van der Waals surface area contributed by atoms with E-state index < -0.39 is 29.0 Å². The summed E-state index contributed by atoms with van der Waals surface area (Å²) in [6, 6.07) is 0. The molecule has 1 spiro atoms. The Morgan fingerprint density at radius 3 is 2.53 bits per heavy atom. The molecule has 2 aliphatic carbocycles. The minimum Gasteiger partial charge on any atom is -0.455 e. The lowest BCUT2D eigenvalue weighted by Crippen LogP contribution is -2.67. The van der Waals surface area contributed by atoms with E-state index >= 15 is 0 Å². The van der Waals surface area contributed by atoms with Crippen molar-refractivity contribution in [1.82, 2.24) is 0 Å². The van der Waals surface area contributed by atoms with Crippen LogP contribution in [-0.4, -0.2) is 57.8 Å². The molecular weight excluding hydrogens is 412 g/mol. The lowest BCUT2D eigenvalue weighted by Gasteiger charge is -2.52. The monoisotopic (exact) mass is 448 g/mol. The average molecular weight is 449 g/mol. The molecule has 1 unspecified atom stereocenters. The summed E-state index contributed by atoms with van der Waals surface area (Å²) in [6.07, 6.45) is 2.58. The third kappa shape index (κ3) is 2.80. The van der Waals surface area contributed by atoms with Crippen LogP contribution in [-0.2, 0) is 23.8 Å². The van der Waals surface area contributed by atoms with Gasteiger partial charge in [0.25, 0.3) is 0 Å². The molecule has 2 N–H and O–H groups in total. The van der Waals surface area contributed by atoms with E-state index in [-0.39, 0.29) is 47.4 Å². The first-order chi connectivity index (χ1) is 14.9. The van der Waals surface area contributed by atoms with Gasteiger partial charge in [0.05, 0.1) is 24.2 Å². The molecule has 0 aromatic heterocycles. The van der Waals surface area contributed by atoms with Crippen LogP contribution in [0, 0.1) is 35.5 Å². The molecule has 0 aromatic rings. The van der Waals surface area contributed by atoms with E-state index in [9.17, 15) is 19.8 Å². The van der Waals surface area contributed by atoms with E-state index in [4.69, 9.17) is 14.2 Å². The molecule has 32 heavy (non-hydrogen) atoms. The van der Waals surface area contributed by atoms with Gasteiger partial charge in [-0.3, -0.25) is 4.79 Å². The van der Waals surface area contributed by atoms with Crippen molar-refractivity contribution in [2.75, 3.05) is 6.61 Å². The van der Waals surface area contributed by atoms with Crippen molar-refractivity contribution in [3.05, 3.63) is 11.6 Å². The molecule has 0 bridgehead atoms. The molecule has 0 radical (unpaired) electrons. The van der Waals surface area contributed by atoms with Crippen LogP contribution in [0.15, 0.2) is 11.6 Å². The molecule has 2 saturated carbocycles. The highest BCUT2D eigenvalue weighted by Crippen LogP contribution is 2.66. The Morgan fingerprint density at radius 2 is 1.94 bits per heavy atom. The van der Waals surface area contributed by atoms with Gasteiger partial charge in [-0.25, -0.2) is 4.79 Å². The van der Waals surface area contributed by atoms with E-state index in [1.807, 2.05) is 27.7 Å². The van der Waals surface area contributed by atoms with Crippen LogP contribution >= 0.6 is 0 Å². The third-order valence-corrected chi connectivity index (χ3v) is 9.26. The van der Waals surface area contributed by atoms with E-state index in [2.05, 4.69) is 6.92 Å². The Morgan fingerprint density at radius 1 is 1.22 bits per heavy atom. The normalized spacial score (nSPS) is 54.7. The van der Waals surface area contributed by atoms with Gasteiger partial charge in [-0.1, -0.05) is 20.8 Å². The van der Waals surface area contributed by atoms with Gasteiger partial charge in [0.1, 0.15) is 17.5 Å². The standard InChI is InChI=1S/C25H36O7/c1-12-10-24(30-11-12)25(29)15(4)20-16(26)8-14(3)19(20)21(28)22(25)23(5,32-24)7-6-17-13(2)9-18(27)31-17/h9,12,14-17,19-20,22,26,29H,6-8,10-11H2,1-5H3/t12-,14+,15-,16+,17?,19-,20+,22+,23-,24+,25-/m1/s1. The minimum atomic E-state index is -1.52. The molecule has 5 rings (SSSR count). The fourth-order valence-corrected chi connectivity index (χ4v) is 7.88. The third-order valence-electron chi connectivity index (χ3n) is 9.26. The summed E-state index contributed by atoms with van der Waals surface area (Å²) in [6.45, 7) is 10.3. The Hall–Kier alpha value is -1.28. The molecule has 0 amide bonds. The molecule has 0 aromatic carbocycles. The average Bonchev–Trinajstić information content (AvgIpc) is 3.37. The van der Waals surface area contributed by atoms with Gasteiger partial charge in [-0.05, 0) is 56.4 Å². The molecule has 4 fully saturated rings. The predicted molar refractivity (Wildman–Crippen MR) is 114 cm³/mol. The fraction of sp³-hybridized carbons (Fsp3) is 0.840. The second-order valence-electron chi connectivity index (χ2n) is 11.5. The van der Waals surface area contributed by atoms with E-state index in [1.54, 1.807) is 0 Å². The number of carbonyl (C=O) groups excluding carboxylic acids is 2. The maximum Gasteiger partial charge on any atom is 0.331 e. The number of fused-ring (bicyclic) bond motifs is 3. The Bertz CT molecular complexity index is 868. The number of aliphatic hydroxyl groups excluding tert-OH is 1. The van der Waals surface area contributed by atoms with E-state index in [1.165, 1.54) is 6.08 Å². The van der Waals surface area contributed by atoms with Gasteiger partial charge in [-0.15, -0.1) is 0 Å². The number of carbonyl (C=O) groups is 2. The highest BCUT2D eigenvalue weighted by molar-refractivity contribution is 5.89. The Labute approximate surface area is 189 Å². The summed E-state index contributed by atoms with van der Waals surface area (Å²) in [5.74, 6) is -3.10. The fourth-order valence-electron chi connectivity index (χ4n) is 7.88. The lowest BCUT2D eigenvalue weighted by atomic mass is 9.53. The van der Waals surface area contributed by atoms with Crippen molar-refractivity contribution < 1.29 is 34.0 Å². The van der Waals surface area contributed by atoms with E-state index in [0.29, 0.717) is 32.3 Å². The van der Waals surface area contributed by atoms with Crippen LogP contribution in [0.5, 0.6) is 0 Å². The maximum absolute atomic E-state index is 14.0. The van der Waals surface area contributed by atoms with Crippen LogP contribution in [0.1, 0.15) is 60.3 Å². The topological polar surface area (TPSA) is 102 Å². The number of ketones is 1. The molecule has 3 aliphatic heterocycles. The van der Waals surface area contributed by atoms with Crippen molar-refractivity contribution in [2.24, 2.45) is 35.5 Å². The highest BCUT2D eigenvalue weighted by atomic mass is 16.7. The van der Waals surface area contributed by atoms with Crippen molar-refractivity contribution >= 4 is 11.8 Å². The van der Waals surface area contributed by atoms with Crippen LogP contribution in [0.2, 0.25) is 0 Å². The summed E-state index contributed by atoms with van der Waals surface area (Å²) in [5, 5.41) is 23.2. The quantitative estimate of drug-likeness (QED) is 0.639. The first kappa shape index (κ1) is 22.5. The smallest absolute Gasteiger partial charge is 0.331 e. The first-order valence-corrected chi connectivity index (χ1v) is 12.1. The van der Waals surface area contributed by atoms with Gasteiger partial charge in [0.2, 0.25) is 0 Å². The number of aliphatic hydroxyl groups is 2.